The quantitative estimate of drug-likeness (QED) is 0.857. The summed E-state index contributed by atoms with van der Waals surface area (Å²) in [6.45, 7) is -0.272. The van der Waals surface area contributed by atoms with Gasteiger partial charge in [-0.2, -0.15) is 0 Å². The van der Waals surface area contributed by atoms with Crippen LogP contribution in [0.15, 0.2) is 29.6 Å². The van der Waals surface area contributed by atoms with Gasteiger partial charge in [-0.15, -0.1) is 11.3 Å². The summed E-state index contributed by atoms with van der Waals surface area (Å²) < 4.78 is 18.2. The summed E-state index contributed by atoms with van der Waals surface area (Å²) >= 11 is 1.24. The molecule has 2 N–H and O–H groups in total. The summed E-state index contributed by atoms with van der Waals surface area (Å²) in [5.41, 5.74) is 0.966. The molecule has 1 aromatic carbocycles. The molecule has 0 aliphatic rings. The van der Waals surface area contributed by atoms with Gasteiger partial charge in [0.25, 0.3) is 5.91 Å². The van der Waals surface area contributed by atoms with E-state index in [0.717, 1.165) is 0 Å². The predicted octanol–water partition coefficient (Wildman–Crippen LogP) is 2.49. The summed E-state index contributed by atoms with van der Waals surface area (Å²) in [5, 5.41) is 13.1. The number of aliphatic hydroxyl groups is 1. The van der Waals surface area contributed by atoms with Crippen LogP contribution in [0.4, 0.5) is 10.1 Å². The Morgan fingerprint density at radius 3 is 3.00 bits per heavy atom. The van der Waals surface area contributed by atoms with Gasteiger partial charge in [-0.25, -0.2) is 4.39 Å². The molecule has 6 heteroatoms. The largest absolute Gasteiger partial charge is 0.494 e. The lowest BCUT2D eigenvalue weighted by atomic mass is 10.2. The van der Waals surface area contributed by atoms with E-state index < -0.39 is 5.82 Å². The van der Waals surface area contributed by atoms with Gasteiger partial charge in [0.1, 0.15) is 11.5 Å². The minimum absolute atomic E-state index is 0.0549. The van der Waals surface area contributed by atoms with Crippen molar-refractivity contribution in [3.63, 3.8) is 0 Å². The number of carbonyl (C=O) groups excluding carboxylic acids is 1. The van der Waals surface area contributed by atoms with E-state index in [1.165, 1.54) is 36.6 Å². The Hall–Kier alpha value is -2.36. The molecule has 2 rings (SSSR count). The third-order valence-electron chi connectivity index (χ3n) is 2.58. The number of rotatable bonds is 3. The molecule has 0 bridgehead atoms. The SMILES string of the molecule is COc1cc(NC(=O)c2sccc2C#CCO)ccc1F. The highest BCUT2D eigenvalue weighted by Gasteiger charge is 2.13. The zero-order chi connectivity index (χ0) is 15.2. The molecule has 108 valence electrons. The molecule has 1 amide bonds. The van der Waals surface area contributed by atoms with Crippen molar-refractivity contribution in [1.29, 1.82) is 0 Å². The van der Waals surface area contributed by atoms with E-state index in [1.54, 1.807) is 11.4 Å². The van der Waals surface area contributed by atoms with Gasteiger partial charge in [0.2, 0.25) is 0 Å². The van der Waals surface area contributed by atoms with Crippen LogP contribution in [-0.2, 0) is 0 Å². The van der Waals surface area contributed by atoms with Crippen LogP contribution in [0.2, 0.25) is 0 Å². The highest BCUT2D eigenvalue weighted by Crippen LogP contribution is 2.23. The molecule has 1 aromatic heterocycles. The third kappa shape index (κ3) is 3.60. The molecule has 1 heterocycles. The first kappa shape index (κ1) is 15.0. The van der Waals surface area contributed by atoms with Gasteiger partial charge in [0.05, 0.1) is 7.11 Å². The van der Waals surface area contributed by atoms with Crippen molar-refractivity contribution in [2.24, 2.45) is 0 Å². The van der Waals surface area contributed by atoms with E-state index in [9.17, 15) is 9.18 Å². The first-order valence-electron chi connectivity index (χ1n) is 5.98. The van der Waals surface area contributed by atoms with Crippen LogP contribution in [-0.4, -0.2) is 24.7 Å². The Labute approximate surface area is 125 Å². The maximum atomic E-state index is 13.3. The number of ether oxygens (including phenoxy) is 1. The second-order valence-electron chi connectivity index (χ2n) is 3.93. The summed E-state index contributed by atoms with van der Waals surface area (Å²) in [5.74, 6) is 4.41. The fourth-order valence-electron chi connectivity index (χ4n) is 1.64. The molecule has 2 aromatic rings. The molecule has 21 heavy (non-hydrogen) atoms. The van der Waals surface area contributed by atoms with E-state index in [2.05, 4.69) is 17.2 Å². The second-order valence-corrected chi connectivity index (χ2v) is 4.84. The van der Waals surface area contributed by atoms with Crippen molar-refractivity contribution in [1.82, 2.24) is 0 Å². The van der Waals surface area contributed by atoms with E-state index >= 15 is 0 Å². The molecule has 0 radical (unpaired) electrons. The van der Waals surface area contributed by atoms with Gasteiger partial charge in [0, 0.05) is 17.3 Å². The fraction of sp³-hybridized carbons (Fsp3) is 0.133. The maximum absolute atomic E-state index is 13.3. The molecule has 0 unspecified atom stereocenters. The zero-order valence-corrected chi connectivity index (χ0v) is 12.0. The molecular formula is C15H12FNO3S. The number of methoxy groups -OCH3 is 1. The lowest BCUT2D eigenvalue weighted by molar-refractivity contribution is 0.103. The van der Waals surface area contributed by atoms with Crippen molar-refractivity contribution in [3.05, 3.63) is 45.9 Å². The lowest BCUT2D eigenvalue weighted by Crippen LogP contribution is -2.11. The predicted molar refractivity (Wildman–Crippen MR) is 79.2 cm³/mol. The van der Waals surface area contributed by atoms with Crippen LogP contribution < -0.4 is 10.1 Å². The number of thiophene rings is 1. The molecular weight excluding hydrogens is 293 g/mol. The Kier molecular flexibility index (Phi) is 4.93. The highest BCUT2D eigenvalue weighted by atomic mass is 32.1. The number of anilines is 1. The average molecular weight is 305 g/mol. The smallest absolute Gasteiger partial charge is 0.267 e. The van der Waals surface area contributed by atoms with Crippen LogP contribution in [0.3, 0.4) is 0 Å². The summed E-state index contributed by atoms with van der Waals surface area (Å²) in [7, 11) is 1.35. The molecule has 0 aliphatic carbocycles. The fourth-order valence-corrected chi connectivity index (χ4v) is 2.39. The van der Waals surface area contributed by atoms with E-state index in [4.69, 9.17) is 9.84 Å². The summed E-state index contributed by atoms with van der Waals surface area (Å²) in [6, 6.07) is 5.77. The first-order valence-corrected chi connectivity index (χ1v) is 6.85. The summed E-state index contributed by atoms with van der Waals surface area (Å²) in [4.78, 5) is 12.6. The topological polar surface area (TPSA) is 58.6 Å². The van der Waals surface area contributed by atoms with Gasteiger partial charge in [-0.3, -0.25) is 4.79 Å². The normalized spacial score (nSPS) is 9.67. The summed E-state index contributed by atoms with van der Waals surface area (Å²) in [6.07, 6.45) is 0. The number of hydrogen-bond acceptors (Lipinski definition) is 4. The van der Waals surface area contributed by atoms with Crippen molar-refractivity contribution in [2.75, 3.05) is 19.0 Å². The van der Waals surface area contributed by atoms with Gasteiger partial charge >= 0.3 is 0 Å². The highest BCUT2D eigenvalue weighted by molar-refractivity contribution is 7.12. The Morgan fingerprint density at radius 2 is 2.29 bits per heavy atom. The molecule has 0 fully saturated rings. The third-order valence-corrected chi connectivity index (χ3v) is 3.50. The van der Waals surface area contributed by atoms with Crippen LogP contribution >= 0.6 is 11.3 Å². The number of nitrogens with one attached hydrogen (secondary N) is 1. The van der Waals surface area contributed by atoms with E-state index in [-0.39, 0.29) is 18.3 Å². The number of aliphatic hydroxyl groups excluding tert-OH is 1. The molecule has 0 aliphatic heterocycles. The van der Waals surface area contributed by atoms with Crippen molar-refractivity contribution in [2.45, 2.75) is 0 Å². The minimum Gasteiger partial charge on any atom is -0.494 e. The molecule has 0 saturated heterocycles. The van der Waals surface area contributed by atoms with Crippen LogP contribution in [0.25, 0.3) is 0 Å². The number of benzene rings is 1. The first-order chi connectivity index (χ1) is 10.2. The Balaban J connectivity index is 2.20. The monoisotopic (exact) mass is 305 g/mol. The lowest BCUT2D eigenvalue weighted by Gasteiger charge is -2.07. The van der Waals surface area contributed by atoms with Crippen LogP contribution in [0, 0.1) is 17.7 Å². The number of carbonyl (C=O) groups is 1. The zero-order valence-electron chi connectivity index (χ0n) is 11.1. The maximum Gasteiger partial charge on any atom is 0.267 e. The second kappa shape index (κ2) is 6.88. The van der Waals surface area contributed by atoms with Gasteiger partial charge in [-0.05, 0) is 23.6 Å². The molecule has 0 spiro atoms. The molecule has 0 saturated carbocycles. The van der Waals surface area contributed by atoms with Crippen molar-refractivity contribution < 1.29 is 19.0 Å². The molecule has 0 atom stereocenters. The van der Waals surface area contributed by atoms with Gasteiger partial charge in [-0.1, -0.05) is 11.8 Å². The standard InChI is InChI=1S/C15H12FNO3S/c1-20-13-9-11(4-5-12(13)16)17-15(19)14-10(3-2-7-18)6-8-21-14/h4-6,8-9,18H,7H2,1H3,(H,17,19). The van der Waals surface area contributed by atoms with Gasteiger partial charge < -0.3 is 15.2 Å². The van der Waals surface area contributed by atoms with Crippen molar-refractivity contribution in [3.8, 4) is 17.6 Å². The number of halogens is 1. The average Bonchev–Trinajstić information content (AvgIpc) is 2.95. The Bertz CT molecular complexity index is 715. The molecule has 4 nitrogen and oxygen atoms in total. The van der Waals surface area contributed by atoms with Crippen LogP contribution in [0.5, 0.6) is 5.75 Å². The van der Waals surface area contributed by atoms with Crippen molar-refractivity contribution >= 4 is 22.9 Å². The van der Waals surface area contributed by atoms with E-state index in [0.29, 0.717) is 16.1 Å². The van der Waals surface area contributed by atoms with Gasteiger partial charge in [0.15, 0.2) is 11.6 Å². The Morgan fingerprint density at radius 1 is 1.48 bits per heavy atom. The minimum atomic E-state index is -0.499. The number of amides is 1. The van der Waals surface area contributed by atoms with Crippen LogP contribution in [0.1, 0.15) is 15.2 Å². The van der Waals surface area contributed by atoms with E-state index in [1.807, 2.05) is 0 Å². The number of hydrogen-bond donors (Lipinski definition) is 2.